The predicted octanol–water partition coefficient (Wildman–Crippen LogP) is 3.13. The van der Waals surface area contributed by atoms with Crippen molar-refractivity contribution in [2.24, 2.45) is 17.6 Å². The van der Waals surface area contributed by atoms with E-state index < -0.39 is 5.91 Å². The third kappa shape index (κ3) is 3.99. The number of anilines is 1. The zero-order chi connectivity index (χ0) is 23.1. The molecule has 2 aromatic heterocycles. The molecule has 2 fully saturated rings. The van der Waals surface area contributed by atoms with Gasteiger partial charge >= 0.3 is 0 Å². The normalized spacial score (nSPS) is 21.9. The molecule has 1 aliphatic carbocycles. The first-order valence-electron chi connectivity index (χ1n) is 11.7. The minimum Gasteiger partial charge on any atom is -0.366 e. The van der Waals surface area contributed by atoms with E-state index in [9.17, 15) is 4.79 Å². The van der Waals surface area contributed by atoms with Crippen molar-refractivity contribution in [1.29, 1.82) is 0 Å². The van der Waals surface area contributed by atoms with Crippen LogP contribution < -0.4 is 16.0 Å². The number of benzene rings is 2. The molecule has 7 heteroatoms. The van der Waals surface area contributed by atoms with Crippen LogP contribution in [0.15, 0.2) is 79.4 Å². The molecule has 1 aliphatic heterocycles. The van der Waals surface area contributed by atoms with E-state index in [1.807, 2.05) is 18.5 Å². The van der Waals surface area contributed by atoms with Gasteiger partial charge in [-0.3, -0.25) is 9.78 Å². The number of piperidine rings is 1. The molecule has 0 radical (unpaired) electrons. The summed E-state index contributed by atoms with van der Waals surface area (Å²) >= 11 is 0. The van der Waals surface area contributed by atoms with E-state index in [1.165, 1.54) is 34.3 Å². The molecule has 2 aromatic carbocycles. The van der Waals surface area contributed by atoms with E-state index in [0.29, 0.717) is 29.4 Å². The maximum Gasteiger partial charge on any atom is 0.251 e. The van der Waals surface area contributed by atoms with Crippen LogP contribution in [0.25, 0.3) is 10.8 Å². The number of carbonyl (C=O) groups excluding carboxylic acids is 1. The highest BCUT2D eigenvalue weighted by Crippen LogP contribution is 2.47. The maximum absolute atomic E-state index is 11.3. The average Bonchev–Trinajstić information content (AvgIpc) is 3.30. The van der Waals surface area contributed by atoms with Crippen molar-refractivity contribution in [2.75, 3.05) is 18.0 Å². The SMILES string of the molecule is NC(=O)c1cnc(N2CC3C(C2)C3NC(Cc2ccc3ccccc3c2)c2cccnc2)nc1. The van der Waals surface area contributed by atoms with Gasteiger partial charge in [0.1, 0.15) is 0 Å². The fourth-order valence-corrected chi connectivity index (χ4v) is 5.24. The minimum atomic E-state index is -0.507. The number of nitrogens with one attached hydrogen (secondary N) is 1. The second kappa shape index (κ2) is 8.50. The molecule has 6 rings (SSSR count). The van der Waals surface area contributed by atoms with Gasteiger partial charge in [-0.15, -0.1) is 0 Å². The van der Waals surface area contributed by atoms with Crippen molar-refractivity contribution in [3.63, 3.8) is 0 Å². The van der Waals surface area contributed by atoms with Crippen LogP contribution in [-0.4, -0.2) is 40.0 Å². The highest BCUT2D eigenvalue weighted by atomic mass is 16.1. The molecule has 170 valence electrons. The van der Waals surface area contributed by atoms with Crippen LogP contribution in [0.4, 0.5) is 5.95 Å². The number of hydrogen-bond acceptors (Lipinski definition) is 6. The number of rotatable bonds is 7. The quantitative estimate of drug-likeness (QED) is 0.449. The largest absolute Gasteiger partial charge is 0.366 e. The molecule has 3 N–H and O–H groups in total. The van der Waals surface area contributed by atoms with Gasteiger partial charge in [0.25, 0.3) is 5.91 Å². The van der Waals surface area contributed by atoms with Crippen LogP contribution in [0.3, 0.4) is 0 Å². The molecule has 2 aliphatic rings. The van der Waals surface area contributed by atoms with E-state index in [0.717, 1.165) is 19.5 Å². The number of nitrogens with zero attached hydrogens (tertiary/aromatic N) is 4. The molecule has 1 saturated heterocycles. The summed E-state index contributed by atoms with van der Waals surface area (Å²) in [6, 6.07) is 20.0. The summed E-state index contributed by atoms with van der Waals surface area (Å²) in [7, 11) is 0. The average molecular weight is 451 g/mol. The molecule has 0 bridgehead atoms. The van der Waals surface area contributed by atoms with Crippen molar-refractivity contribution < 1.29 is 4.79 Å². The Morgan fingerprint density at radius 2 is 1.76 bits per heavy atom. The lowest BCUT2D eigenvalue weighted by Gasteiger charge is -2.24. The van der Waals surface area contributed by atoms with E-state index >= 15 is 0 Å². The van der Waals surface area contributed by atoms with Crippen molar-refractivity contribution in [3.8, 4) is 0 Å². The van der Waals surface area contributed by atoms with Crippen molar-refractivity contribution in [2.45, 2.75) is 18.5 Å². The molecule has 0 spiro atoms. The van der Waals surface area contributed by atoms with Gasteiger partial charge in [0.05, 0.1) is 5.56 Å². The van der Waals surface area contributed by atoms with Gasteiger partial charge in [0.15, 0.2) is 0 Å². The topological polar surface area (TPSA) is 97.0 Å². The van der Waals surface area contributed by atoms with Crippen LogP contribution in [0.1, 0.15) is 27.5 Å². The first kappa shape index (κ1) is 20.7. The van der Waals surface area contributed by atoms with Crippen LogP contribution in [0.2, 0.25) is 0 Å². The highest BCUT2D eigenvalue weighted by Gasteiger charge is 2.56. The van der Waals surface area contributed by atoms with Crippen LogP contribution in [0, 0.1) is 11.8 Å². The van der Waals surface area contributed by atoms with Gasteiger partial charge < -0.3 is 16.0 Å². The number of nitrogens with two attached hydrogens (primary N) is 1. The lowest BCUT2D eigenvalue weighted by atomic mass is 9.97. The van der Waals surface area contributed by atoms with E-state index in [-0.39, 0.29) is 6.04 Å². The molecular formula is C27H26N6O. The monoisotopic (exact) mass is 450 g/mol. The number of primary amides is 1. The molecule has 7 nitrogen and oxygen atoms in total. The Bertz CT molecular complexity index is 1310. The predicted molar refractivity (Wildman–Crippen MR) is 131 cm³/mol. The Balaban J connectivity index is 1.15. The zero-order valence-corrected chi connectivity index (χ0v) is 18.7. The lowest BCUT2D eigenvalue weighted by Crippen LogP contribution is -2.35. The standard InChI is InChI=1S/C27H26N6O/c28-26(34)21-13-30-27(31-14-21)33-15-22-23(16-33)25(22)32-24(20-6-3-9-29-12-20)11-17-7-8-18-4-1-2-5-19(18)10-17/h1-10,12-14,22-25,32H,11,15-16H2,(H2,28,34). The summed E-state index contributed by atoms with van der Waals surface area (Å²) < 4.78 is 0. The Morgan fingerprint density at radius 3 is 2.47 bits per heavy atom. The molecular weight excluding hydrogens is 424 g/mol. The van der Waals surface area contributed by atoms with Gasteiger partial charge in [0.2, 0.25) is 5.95 Å². The zero-order valence-electron chi connectivity index (χ0n) is 18.7. The van der Waals surface area contributed by atoms with E-state index in [1.54, 1.807) is 0 Å². The number of fused-ring (bicyclic) bond motifs is 2. The van der Waals surface area contributed by atoms with Gasteiger partial charge in [-0.2, -0.15) is 0 Å². The molecule has 3 unspecified atom stereocenters. The minimum absolute atomic E-state index is 0.199. The fourth-order valence-electron chi connectivity index (χ4n) is 5.24. The van der Waals surface area contributed by atoms with Gasteiger partial charge in [-0.1, -0.05) is 48.5 Å². The van der Waals surface area contributed by atoms with Crippen LogP contribution in [-0.2, 0) is 6.42 Å². The fraction of sp³-hybridized carbons (Fsp3) is 0.259. The summed E-state index contributed by atoms with van der Waals surface area (Å²) in [6.45, 7) is 1.82. The Morgan fingerprint density at radius 1 is 1.00 bits per heavy atom. The number of carbonyl (C=O) groups is 1. The van der Waals surface area contributed by atoms with Crippen molar-refractivity contribution in [3.05, 3.63) is 96.1 Å². The maximum atomic E-state index is 11.3. The lowest BCUT2D eigenvalue weighted by molar-refractivity contribution is 0.0999. The summed E-state index contributed by atoms with van der Waals surface area (Å²) in [5.74, 6) is 1.29. The first-order chi connectivity index (χ1) is 16.7. The number of amides is 1. The van der Waals surface area contributed by atoms with Gasteiger partial charge in [-0.25, -0.2) is 9.97 Å². The molecule has 1 saturated carbocycles. The van der Waals surface area contributed by atoms with E-state index in [4.69, 9.17) is 5.73 Å². The number of pyridine rings is 1. The van der Waals surface area contributed by atoms with Gasteiger partial charge in [-0.05, 0) is 46.2 Å². The molecule has 3 heterocycles. The van der Waals surface area contributed by atoms with Crippen LogP contribution in [0.5, 0.6) is 0 Å². The molecule has 4 aromatic rings. The summed E-state index contributed by atoms with van der Waals surface area (Å²) in [6.07, 6.45) is 7.72. The van der Waals surface area contributed by atoms with Crippen LogP contribution >= 0.6 is 0 Å². The third-order valence-electron chi connectivity index (χ3n) is 7.13. The first-order valence-corrected chi connectivity index (χ1v) is 11.7. The smallest absolute Gasteiger partial charge is 0.251 e. The summed E-state index contributed by atoms with van der Waals surface area (Å²) in [4.78, 5) is 26.5. The second-order valence-corrected chi connectivity index (χ2v) is 9.29. The Labute approximate surface area is 198 Å². The Hall–Kier alpha value is -3.84. The number of aromatic nitrogens is 3. The van der Waals surface area contributed by atoms with Crippen molar-refractivity contribution in [1.82, 2.24) is 20.3 Å². The van der Waals surface area contributed by atoms with E-state index in [2.05, 4.69) is 73.7 Å². The molecule has 1 amide bonds. The van der Waals surface area contributed by atoms with Gasteiger partial charge in [0, 0.05) is 50.0 Å². The summed E-state index contributed by atoms with van der Waals surface area (Å²) in [5.41, 5.74) is 8.16. The number of hydrogen-bond donors (Lipinski definition) is 2. The molecule has 3 atom stereocenters. The molecule has 34 heavy (non-hydrogen) atoms. The summed E-state index contributed by atoms with van der Waals surface area (Å²) in [5, 5.41) is 6.47. The van der Waals surface area contributed by atoms with Crippen molar-refractivity contribution >= 4 is 22.6 Å². The second-order valence-electron chi connectivity index (χ2n) is 9.29. The highest BCUT2D eigenvalue weighted by molar-refractivity contribution is 5.92. The third-order valence-corrected chi connectivity index (χ3v) is 7.13. The Kier molecular flexibility index (Phi) is 5.19.